The van der Waals surface area contributed by atoms with E-state index in [4.69, 9.17) is 0 Å². The van der Waals surface area contributed by atoms with E-state index in [1.165, 1.54) is 5.56 Å². The van der Waals surface area contributed by atoms with Gasteiger partial charge in [-0.15, -0.1) is 0 Å². The van der Waals surface area contributed by atoms with E-state index in [2.05, 4.69) is 10.6 Å². The number of hydrogen-bond donors (Lipinski definition) is 2. The fraction of sp³-hybridized carbons (Fsp3) is 0.556. The van der Waals surface area contributed by atoms with Gasteiger partial charge in [-0.05, 0) is 25.3 Å². The lowest BCUT2D eigenvalue weighted by Gasteiger charge is -2.22. The minimum absolute atomic E-state index is 0.0308. The van der Waals surface area contributed by atoms with Gasteiger partial charge in [0.2, 0.25) is 5.91 Å². The molecule has 0 radical (unpaired) electrons. The summed E-state index contributed by atoms with van der Waals surface area (Å²) in [6, 6.07) is 8.04. The smallest absolute Gasteiger partial charge is 0.317 e. The highest BCUT2D eigenvalue weighted by atomic mass is 16.2. The summed E-state index contributed by atoms with van der Waals surface area (Å²) in [5.41, 5.74) is 2.29. The molecule has 2 N–H and O–H groups in total. The van der Waals surface area contributed by atoms with Gasteiger partial charge in [-0.2, -0.15) is 0 Å². The number of carbonyl (C=O) groups is 2. The zero-order valence-corrected chi connectivity index (χ0v) is 13.9. The maximum atomic E-state index is 12.4. The van der Waals surface area contributed by atoms with Crippen LogP contribution in [0.25, 0.3) is 0 Å². The van der Waals surface area contributed by atoms with Crippen LogP contribution in [-0.2, 0) is 11.3 Å². The van der Waals surface area contributed by atoms with Gasteiger partial charge in [0.1, 0.15) is 0 Å². The Balaban J connectivity index is 1.86. The van der Waals surface area contributed by atoms with E-state index in [9.17, 15) is 9.59 Å². The van der Waals surface area contributed by atoms with E-state index in [0.29, 0.717) is 26.1 Å². The summed E-state index contributed by atoms with van der Waals surface area (Å²) in [4.78, 5) is 25.9. The minimum atomic E-state index is -0.0855. The first-order valence-electron chi connectivity index (χ1n) is 8.50. The van der Waals surface area contributed by atoms with Gasteiger partial charge in [0.05, 0.1) is 0 Å². The molecular weight excluding hydrogens is 290 g/mol. The molecule has 5 nitrogen and oxygen atoms in total. The lowest BCUT2D eigenvalue weighted by molar-refractivity contribution is -0.121. The van der Waals surface area contributed by atoms with Crippen molar-refractivity contribution < 1.29 is 9.59 Å². The summed E-state index contributed by atoms with van der Waals surface area (Å²) >= 11 is 0. The van der Waals surface area contributed by atoms with Crippen molar-refractivity contribution in [1.82, 2.24) is 15.5 Å². The fourth-order valence-electron chi connectivity index (χ4n) is 2.64. The Labute approximate surface area is 138 Å². The Bertz CT molecular complexity index is 514. The first-order chi connectivity index (χ1) is 11.1. The fourth-order valence-corrected chi connectivity index (χ4v) is 2.64. The Morgan fingerprint density at radius 2 is 1.87 bits per heavy atom. The molecule has 126 valence electrons. The van der Waals surface area contributed by atoms with Crippen LogP contribution >= 0.6 is 0 Å². The summed E-state index contributed by atoms with van der Waals surface area (Å²) in [6.07, 6.45) is 4.58. The van der Waals surface area contributed by atoms with Gasteiger partial charge < -0.3 is 15.5 Å². The maximum absolute atomic E-state index is 12.4. The van der Waals surface area contributed by atoms with E-state index in [0.717, 1.165) is 37.8 Å². The summed E-state index contributed by atoms with van der Waals surface area (Å²) in [7, 11) is 0. The number of amides is 3. The molecular formula is C18H27N3O2. The Morgan fingerprint density at radius 3 is 2.65 bits per heavy atom. The number of aryl methyl sites for hydroxylation is 1. The second kappa shape index (κ2) is 9.18. The molecule has 23 heavy (non-hydrogen) atoms. The van der Waals surface area contributed by atoms with Crippen molar-refractivity contribution in [3.05, 3.63) is 35.4 Å². The highest BCUT2D eigenvalue weighted by Crippen LogP contribution is 2.06. The van der Waals surface area contributed by atoms with Crippen LogP contribution in [0.3, 0.4) is 0 Å². The molecule has 0 bridgehead atoms. The SMILES string of the molecule is Cc1ccc(CNC(=O)N2CCCCCCNC(=O)CC2)cc1. The summed E-state index contributed by atoms with van der Waals surface area (Å²) in [5, 5.41) is 5.86. The predicted octanol–water partition coefficient (Wildman–Crippen LogP) is 2.59. The second-order valence-corrected chi connectivity index (χ2v) is 6.15. The Hall–Kier alpha value is -2.04. The average molecular weight is 317 g/mol. The molecule has 0 aromatic heterocycles. The quantitative estimate of drug-likeness (QED) is 0.881. The molecule has 1 aliphatic rings. The van der Waals surface area contributed by atoms with Crippen molar-refractivity contribution in [3.63, 3.8) is 0 Å². The maximum Gasteiger partial charge on any atom is 0.317 e. The van der Waals surface area contributed by atoms with E-state index >= 15 is 0 Å². The van der Waals surface area contributed by atoms with E-state index in [1.54, 1.807) is 4.90 Å². The Morgan fingerprint density at radius 1 is 1.13 bits per heavy atom. The third-order valence-corrected chi connectivity index (χ3v) is 4.14. The number of nitrogens with one attached hydrogen (secondary N) is 2. The highest BCUT2D eigenvalue weighted by Gasteiger charge is 2.15. The van der Waals surface area contributed by atoms with Crippen LogP contribution in [0.15, 0.2) is 24.3 Å². The Kier molecular flexibility index (Phi) is 6.91. The third-order valence-electron chi connectivity index (χ3n) is 4.14. The minimum Gasteiger partial charge on any atom is -0.356 e. The molecule has 5 heteroatoms. The average Bonchev–Trinajstić information content (AvgIpc) is 2.60. The predicted molar refractivity (Wildman–Crippen MR) is 91.1 cm³/mol. The summed E-state index contributed by atoms with van der Waals surface area (Å²) in [6.45, 7) is 4.50. The molecule has 3 amide bonds. The molecule has 1 fully saturated rings. The number of urea groups is 1. The molecule has 1 aromatic carbocycles. The highest BCUT2D eigenvalue weighted by molar-refractivity contribution is 5.78. The lowest BCUT2D eigenvalue weighted by atomic mass is 10.1. The van der Waals surface area contributed by atoms with Gasteiger partial charge in [0.25, 0.3) is 0 Å². The van der Waals surface area contributed by atoms with E-state index < -0.39 is 0 Å². The normalized spacial score (nSPS) is 17.1. The lowest BCUT2D eigenvalue weighted by Crippen LogP contribution is -2.42. The van der Waals surface area contributed by atoms with Crippen molar-refractivity contribution >= 4 is 11.9 Å². The zero-order chi connectivity index (χ0) is 16.5. The van der Waals surface area contributed by atoms with Crippen molar-refractivity contribution in [2.75, 3.05) is 19.6 Å². The first-order valence-corrected chi connectivity index (χ1v) is 8.50. The van der Waals surface area contributed by atoms with Crippen LogP contribution in [-0.4, -0.2) is 36.5 Å². The summed E-state index contributed by atoms with van der Waals surface area (Å²) < 4.78 is 0. The molecule has 1 saturated heterocycles. The molecule has 1 heterocycles. The van der Waals surface area contributed by atoms with Gasteiger partial charge in [0.15, 0.2) is 0 Å². The van der Waals surface area contributed by atoms with E-state index in [-0.39, 0.29) is 11.9 Å². The zero-order valence-electron chi connectivity index (χ0n) is 13.9. The molecule has 0 atom stereocenters. The molecule has 0 saturated carbocycles. The van der Waals surface area contributed by atoms with Gasteiger partial charge in [-0.25, -0.2) is 4.79 Å². The van der Waals surface area contributed by atoms with Crippen molar-refractivity contribution in [2.45, 2.75) is 45.6 Å². The van der Waals surface area contributed by atoms with Gasteiger partial charge in [-0.1, -0.05) is 42.7 Å². The van der Waals surface area contributed by atoms with E-state index in [1.807, 2.05) is 31.2 Å². The first kappa shape index (κ1) is 17.3. The number of nitrogens with zero attached hydrogens (tertiary/aromatic N) is 1. The summed E-state index contributed by atoms with van der Waals surface area (Å²) in [5.74, 6) is 0.0308. The van der Waals surface area contributed by atoms with Crippen LogP contribution < -0.4 is 10.6 Å². The van der Waals surface area contributed by atoms with Gasteiger partial charge in [0, 0.05) is 32.6 Å². The molecule has 2 rings (SSSR count). The second-order valence-electron chi connectivity index (χ2n) is 6.15. The van der Waals surface area contributed by atoms with Gasteiger partial charge >= 0.3 is 6.03 Å². The molecule has 1 aromatic rings. The molecule has 0 spiro atoms. The molecule has 0 aliphatic carbocycles. The monoisotopic (exact) mass is 317 g/mol. The van der Waals surface area contributed by atoms with Crippen molar-refractivity contribution in [2.24, 2.45) is 0 Å². The number of hydrogen-bond acceptors (Lipinski definition) is 2. The largest absolute Gasteiger partial charge is 0.356 e. The van der Waals surface area contributed by atoms with Crippen LogP contribution in [0.4, 0.5) is 4.79 Å². The van der Waals surface area contributed by atoms with Crippen LogP contribution in [0.1, 0.15) is 43.2 Å². The van der Waals surface area contributed by atoms with Crippen molar-refractivity contribution in [3.8, 4) is 0 Å². The number of rotatable bonds is 2. The number of carbonyl (C=O) groups excluding carboxylic acids is 2. The van der Waals surface area contributed by atoms with Crippen LogP contribution in [0.2, 0.25) is 0 Å². The standard InChI is InChI=1S/C18H27N3O2/c1-15-6-8-16(9-7-15)14-20-18(23)21-12-5-3-2-4-11-19-17(22)10-13-21/h6-9H,2-5,10-14H2,1H3,(H,19,22)(H,20,23). The van der Waals surface area contributed by atoms with Gasteiger partial charge in [-0.3, -0.25) is 4.79 Å². The van der Waals surface area contributed by atoms with Crippen molar-refractivity contribution in [1.29, 1.82) is 0 Å². The topological polar surface area (TPSA) is 61.4 Å². The third kappa shape index (κ3) is 6.30. The molecule has 0 unspecified atom stereocenters. The molecule has 1 aliphatic heterocycles. The van der Waals surface area contributed by atoms with Crippen LogP contribution in [0.5, 0.6) is 0 Å². The van der Waals surface area contributed by atoms with Crippen LogP contribution in [0, 0.1) is 6.92 Å². The number of benzene rings is 1.